The first kappa shape index (κ1) is 29.9. The summed E-state index contributed by atoms with van der Waals surface area (Å²) < 4.78 is 32.2. The summed E-state index contributed by atoms with van der Waals surface area (Å²) in [5, 5.41) is 0.728. The van der Waals surface area contributed by atoms with E-state index in [-0.39, 0.29) is 5.82 Å². The van der Waals surface area contributed by atoms with E-state index in [4.69, 9.17) is 10.5 Å². The lowest BCUT2D eigenvalue weighted by Crippen LogP contribution is -2.13. The lowest BCUT2D eigenvalue weighted by atomic mass is 10.0. The summed E-state index contributed by atoms with van der Waals surface area (Å²) >= 11 is 0. The maximum absolute atomic E-state index is 14.5. The summed E-state index contributed by atoms with van der Waals surface area (Å²) in [5.41, 5.74) is 10.3. The Labute approximate surface area is 213 Å². The first-order valence-electron chi connectivity index (χ1n) is 11.5. The molecule has 2 aromatic carbocycles. The van der Waals surface area contributed by atoms with Gasteiger partial charge in [-0.15, -0.1) is 6.42 Å². The van der Waals surface area contributed by atoms with Crippen LogP contribution in [0.25, 0.3) is 11.1 Å². The molecule has 1 heterocycles. The molecule has 0 radical (unpaired) electrons. The molecule has 4 nitrogen and oxygen atoms in total. The van der Waals surface area contributed by atoms with Crippen LogP contribution in [0.2, 0.25) is 0 Å². The highest BCUT2D eigenvalue weighted by molar-refractivity contribution is 5.64. The fraction of sp³-hybridized carbons (Fsp3) is 0.233. The monoisotopic (exact) mass is 491 g/mol. The Morgan fingerprint density at radius 3 is 2.22 bits per heavy atom. The molecule has 190 valence electrons. The Morgan fingerprint density at radius 2 is 1.81 bits per heavy atom. The maximum Gasteiger partial charge on any atom is 0.128 e. The van der Waals surface area contributed by atoms with Crippen LogP contribution in [-0.2, 0) is 6.54 Å². The van der Waals surface area contributed by atoms with E-state index in [0.29, 0.717) is 24.1 Å². The summed E-state index contributed by atoms with van der Waals surface area (Å²) in [6, 6.07) is 14.6. The molecule has 0 aliphatic heterocycles. The van der Waals surface area contributed by atoms with E-state index < -0.39 is 0 Å². The zero-order chi connectivity index (χ0) is 26.9. The molecule has 1 aromatic heterocycles. The average molecular weight is 492 g/mol. The minimum atomic E-state index is -0.247. The number of benzene rings is 2. The Bertz CT molecular complexity index is 1250. The van der Waals surface area contributed by atoms with Crippen LogP contribution in [0.3, 0.4) is 0 Å². The lowest BCUT2D eigenvalue weighted by molar-refractivity contribution is 0.415. The highest BCUT2D eigenvalue weighted by Gasteiger charge is 2.06. The van der Waals surface area contributed by atoms with Gasteiger partial charge in [-0.05, 0) is 55.7 Å². The van der Waals surface area contributed by atoms with Crippen molar-refractivity contribution in [3.8, 4) is 29.2 Å². The number of rotatable bonds is 5. The second-order valence-electron chi connectivity index (χ2n) is 7.87. The van der Waals surface area contributed by atoms with Gasteiger partial charge >= 0.3 is 0 Å². The summed E-state index contributed by atoms with van der Waals surface area (Å²) in [5.74, 6) is 2.49. The minimum Gasteiger partial charge on any atom is -0.497 e. The largest absolute Gasteiger partial charge is 0.497 e. The highest BCUT2D eigenvalue weighted by Crippen LogP contribution is 2.24. The molecule has 6 heteroatoms. The standard InChI is InChI=1S/C20H20FN3O.C6H12.C4H3F/c1-23-20-9-10-24(13-19(20)22)12-16-4-3-15(11-18(16)21)14-5-7-17(25-2)8-6-14;1-4-5-6(2)3;1-2-3-4-5/h3-11,13H,12,22H2,1-2H3;5H,4H2,1-3H3;1,3-4H/b;;4-3+. The number of methoxy groups -OCH3 is 1. The SMILES string of the molecule is C#C/C=C/F.CCC=C(C)C.CN=c1ccn(Cc2ccc(-c3ccc(OC)cc3)cc2F)cc1N. The zero-order valence-corrected chi connectivity index (χ0v) is 21.6. The van der Waals surface area contributed by atoms with E-state index in [1.165, 1.54) is 12.0 Å². The molecule has 0 atom stereocenters. The van der Waals surface area contributed by atoms with Crippen molar-refractivity contribution < 1.29 is 13.5 Å². The van der Waals surface area contributed by atoms with E-state index in [1.807, 2.05) is 53.1 Å². The van der Waals surface area contributed by atoms with Gasteiger partial charge in [-0.25, -0.2) is 8.78 Å². The molecule has 0 saturated carbocycles. The van der Waals surface area contributed by atoms with Gasteiger partial charge in [0, 0.05) is 37.6 Å². The van der Waals surface area contributed by atoms with Crippen LogP contribution in [0.5, 0.6) is 5.75 Å². The van der Waals surface area contributed by atoms with Gasteiger partial charge < -0.3 is 15.0 Å². The number of anilines is 1. The number of allylic oxidation sites excluding steroid dienone is 3. The lowest BCUT2D eigenvalue weighted by Gasteiger charge is -2.10. The van der Waals surface area contributed by atoms with E-state index in [9.17, 15) is 8.78 Å². The number of nitrogens with two attached hydrogens (primary N) is 1. The molecule has 0 spiro atoms. The van der Waals surface area contributed by atoms with Gasteiger partial charge in [0.15, 0.2) is 0 Å². The molecule has 3 rings (SSSR count). The highest BCUT2D eigenvalue weighted by atomic mass is 19.1. The third kappa shape index (κ3) is 10.4. The molecule has 36 heavy (non-hydrogen) atoms. The first-order chi connectivity index (χ1) is 17.3. The van der Waals surface area contributed by atoms with Crippen LogP contribution in [-0.4, -0.2) is 18.7 Å². The Kier molecular flexibility index (Phi) is 13.7. The van der Waals surface area contributed by atoms with Gasteiger partial charge in [0.05, 0.1) is 24.5 Å². The van der Waals surface area contributed by atoms with E-state index in [1.54, 1.807) is 32.5 Å². The van der Waals surface area contributed by atoms with Crippen molar-refractivity contribution >= 4 is 5.69 Å². The summed E-state index contributed by atoms with van der Waals surface area (Å²) in [4.78, 5) is 4.07. The van der Waals surface area contributed by atoms with Gasteiger partial charge in [-0.1, -0.05) is 48.8 Å². The smallest absolute Gasteiger partial charge is 0.128 e. The van der Waals surface area contributed by atoms with Crippen LogP contribution >= 0.6 is 0 Å². The van der Waals surface area contributed by atoms with Gasteiger partial charge in [0.2, 0.25) is 0 Å². The fourth-order valence-electron chi connectivity index (χ4n) is 3.13. The third-order valence-corrected chi connectivity index (χ3v) is 4.87. The van der Waals surface area contributed by atoms with E-state index in [0.717, 1.165) is 28.3 Å². The Balaban J connectivity index is 0.000000495. The van der Waals surface area contributed by atoms with Gasteiger partial charge in [-0.2, -0.15) is 0 Å². The van der Waals surface area contributed by atoms with Crippen molar-refractivity contribution in [2.45, 2.75) is 33.7 Å². The van der Waals surface area contributed by atoms with Crippen molar-refractivity contribution in [2.24, 2.45) is 4.99 Å². The van der Waals surface area contributed by atoms with Crippen molar-refractivity contribution in [1.82, 2.24) is 4.57 Å². The topological polar surface area (TPSA) is 52.5 Å². The molecule has 0 aliphatic rings. The van der Waals surface area contributed by atoms with Gasteiger partial charge in [-0.3, -0.25) is 4.99 Å². The minimum absolute atomic E-state index is 0.247. The fourth-order valence-corrected chi connectivity index (χ4v) is 3.13. The number of ether oxygens (including phenoxy) is 1. The first-order valence-corrected chi connectivity index (χ1v) is 11.5. The van der Waals surface area contributed by atoms with Crippen molar-refractivity contribution in [1.29, 1.82) is 0 Å². The quantitative estimate of drug-likeness (QED) is 0.311. The van der Waals surface area contributed by atoms with Gasteiger partial charge in [0.1, 0.15) is 11.6 Å². The number of hydrogen-bond acceptors (Lipinski definition) is 3. The zero-order valence-electron chi connectivity index (χ0n) is 21.6. The molecule has 0 amide bonds. The van der Waals surface area contributed by atoms with Crippen LogP contribution < -0.4 is 15.8 Å². The molecule has 0 aliphatic carbocycles. The molecular formula is C30H35F2N3O. The number of terminal acetylenes is 1. The second-order valence-corrected chi connectivity index (χ2v) is 7.87. The van der Waals surface area contributed by atoms with Gasteiger partial charge in [0.25, 0.3) is 0 Å². The Hall–Kier alpha value is -4.11. The maximum atomic E-state index is 14.5. The van der Waals surface area contributed by atoms with Crippen molar-refractivity contribution in [2.75, 3.05) is 19.9 Å². The molecule has 0 unspecified atom stereocenters. The average Bonchev–Trinajstić information content (AvgIpc) is 2.87. The van der Waals surface area contributed by atoms with Crippen LogP contribution in [0.15, 0.2) is 90.0 Å². The number of hydrogen-bond donors (Lipinski definition) is 1. The van der Waals surface area contributed by atoms with Crippen molar-refractivity contribution in [3.05, 3.63) is 102 Å². The summed E-state index contributed by atoms with van der Waals surface area (Å²) in [6.45, 7) is 6.78. The second kappa shape index (κ2) is 16.5. The molecule has 0 saturated heterocycles. The number of halogens is 2. The summed E-state index contributed by atoms with van der Waals surface area (Å²) in [7, 11) is 3.31. The molecule has 2 N–H and O–H groups in total. The number of aromatic nitrogens is 1. The summed E-state index contributed by atoms with van der Waals surface area (Å²) in [6.07, 6.45) is 12.9. The van der Waals surface area contributed by atoms with E-state index in [2.05, 4.69) is 38.3 Å². The number of nitrogen functional groups attached to an aromatic ring is 1. The number of pyridine rings is 1. The predicted octanol–water partition coefficient (Wildman–Crippen LogP) is 6.93. The van der Waals surface area contributed by atoms with Crippen molar-refractivity contribution in [3.63, 3.8) is 0 Å². The van der Waals surface area contributed by atoms with E-state index >= 15 is 0 Å². The number of nitrogens with zero attached hydrogens (tertiary/aromatic N) is 2. The van der Waals surface area contributed by atoms with Crippen LogP contribution in [0, 0.1) is 18.2 Å². The van der Waals surface area contributed by atoms with Crippen LogP contribution in [0.1, 0.15) is 32.8 Å². The van der Waals surface area contributed by atoms with Crippen LogP contribution in [0.4, 0.5) is 14.5 Å². The Morgan fingerprint density at radius 1 is 1.14 bits per heavy atom. The third-order valence-electron chi connectivity index (χ3n) is 4.87. The molecule has 0 bridgehead atoms. The molecule has 0 fully saturated rings. The normalized spacial score (nSPS) is 10.4. The molecule has 3 aromatic rings. The predicted molar refractivity (Wildman–Crippen MR) is 147 cm³/mol. The molecular weight excluding hydrogens is 456 g/mol.